The Balaban J connectivity index is 2.09. The first-order chi connectivity index (χ1) is 10.6. The Morgan fingerprint density at radius 1 is 1.18 bits per heavy atom. The van der Waals surface area contributed by atoms with Crippen LogP contribution in [0, 0.1) is 6.92 Å². The number of hydrogen-bond acceptors (Lipinski definition) is 3. The van der Waals surface area contributed by atoms with Crippen LogP contribution in [0.1, 0.15) is 32.9 Å². The Morgan fingerprint density at radius 2 is 1.95 bits per heavy atom. The lowest BCUT2D eigenvalue weighted by molar-refractivity contribution is 0.103. The molecule has 22 heavy (non-hydrogen) atoms. The Bertz CT molecular complexity index is 995. The number of aromatic amines is 1. The van der Waals surface area contributed by atoms with Crippen LogP contribution in [0.5, 0.6) is 0 Å². The Hall–Kier alpha value is -2.69. The van der Waals surface area contributed by atoms with Crippen molar-refractivity contribution in [1.82, 2.24) is 14.8 Å². The van der Waals surface area contributed by atoms with E-state index in [-0.39, 0.29) is 11.2 Å². The second kappa shape index (κ2) is 4.40. The lowest BCUT2D eigenvalue weighted by atomic mass is 10.0. The van der Waals surface area contributed by atoms with E-state index in [0.29, 0.717) is 46.4 Å². The molecule has 0 atom stereocenters. The highest BCUT2D eigenvalue weighted by Gasteiger charge is 2.26. The zero-order chi connectivity index (χ0) is 15.4. The molecule has 0 fully saturated rings. The van der Waals surface area contributed by atoms with Crippen LogP contribution in [0.2, 0.25) is 0 Å². The molecule has 3 aromatic rings. The molecule has 0 spiro atoms. The first-order valence-electron chi connectivity index (χ1n) is 7.29. The number of fused-ring (bicyclic) bond motifs is 3. The highest BCUT2D eigenvalue weighted by Crippen LogP contribution is 2.24. The quantitative estimate of drug-likeness (QED) is 0.688. The van der Waals surface area contributed by atoms with Gasteiger partial charge in [-0.05, 0) is 25.3 Å². The molecule has 1 aliphatic carbocycles. The molecular weight excluding hydrogens is 278 g/mol. The van der Waals surface area contributed by atoms with Crippen molar-refractivity contribution in [1.29, 1.82) is 0 Å². The van der Waals surface area contributed by atoms with Crippen molar-refractivity contribution in [3.8, 4) is 0 Å². The number of benzene rings is 1. The normalized spacial score (nSPS) is 13.8. The molecule has 0 bridgehead atoms. The van der Waals surface area contributed by atoms with Gasteiger partial charge < -0.3 is 4.98 Å². The number of hydrogen-bond donors (Lipinski definition) is 1. The topological polar surface area (TPSA) is 67.8 Å². The van der Waals surface area contributed by atoms with Crippen LogP contribution in [0.15, 0.2) is 29.1 Å². The van der Waals surface area contributed by atoms with Crippen LogP contribution < -0.4 is 5.43 Å². The summed E-state index contributed by atoms with van der Waals surface area (Å²) in [5, 5.41) is 4.87. The van der Waals surface area contributed by atoms with E-state index in [9.17, 15) is 9.59 Å². The number of H-pyrrole nitrogens is 1. The summed E-state index contributed by atoms with van der Waals surface area (Å²) < 4.78 is 1.62. The van der Waals surface area contributed by atoms with Crippen molar-refractivity contribution in [3.05, 3.63) is 62.6 Å². The number of carbonyl (C=O) groups excluding carboxylic acids is 1. The van der Waals surface area contributed by atoms with Gasteiger partial charge in [-0.3, -0.25) is 14.3 Å². The van der Waals surface area contributed by atoms with Crippen molar-refractivity contribution in [2.24, 2.45) is 7.05 Å². The maximum absolute atomic E-state index is 12.8. The predicted molar refractivity (Wildman–Crippen MR) is 83.4 cm³/mol. The zero-order valence-corrected chi connectivity index (χ0v) is 12.4. The molecule has 5 heteroatoms. The third-order valence-electron chi connectivity index (χ3n) is 4.40. The van der Waals surface area contributed by atoms with Gasteiger partial charge in [0.1, 0.15) is 5.65 Å². The molecule has 0 saturated heterocycles. The summed E-state index contributed by atoms with van der Waals surface area (Å²) in [6, 6.07) is 7.56. The summed E-state index contributed by atoms with van der Waals surface area (Å²) in [6.07, 6.45) is 1.26. The largest absolute Gasteiger partial charge is 0.336 e. The van der Waals surface area contributed by atoms with Crippen molar-refractivity contribution in [3.63, 3.8) is 0 Å². The molecule has 1 aliphatic rings. The van der Waals surface area contributed by atoms with E-state index in [1.807, 2.05) is 31.2 Å². The highest BCUT2D eigenvalue weighted by atomic mass is 16.1. The van der Waals surface area contributed by atoms with E-state index in [1.54, 1.807) is 11.7 Å². The average Bonchev–Trinajstić information content (AvgIpc) is 2.71. The maximum Gasteiger partial charge on any atom is 0.209 e. The number of nitrogens with one attached hydrogen (secondary N) is 1. The number of aryl methyl sites for hydroxylation is 3. The van der Waals surface area contributed by atoms with Gasteiger partial charge in [0.25, 0.3) is 0 Å². The summed E-state index contributed by atoms with van der Waals surface area (Å²) in [5.41, 5.74) is 3.88. The highest BCUT2D eigenvalue weighted by molar-refractivity contribution is 6.10. The molecule has 5 nitrogen and oxygen atoms in total. The van der Waals surface area contributed by atoms with Gasteiger partial charge in [0.2, 0.25) is 5.78 Å². The number of rotatable bonds is 0. The van der Waals surface area contributed by atoms with E-state index in [2.05, 4.69) is 10.1 Å². The van der Waals surface area contributed by atoms with Crippen molar-refractivity contribution >= 4 is 16.8 Å². The monoisotopic (exact) mass is 293 g/mol. The van der Waals surface area contributed by atoms with Crippen LogP contribution in [0.3, 0.4) is 0 Å². The fraction of sp³-hybridized carbons (Fsp3) is 0.235. The van der Waals surface area contributed by atoms with Crippen LogP contribution in [-0.2, 0) is 19.9 Å². The lowest BCUT2D eigenvalue weighted by Gasteiger charge is -2.06. The summed E-state index contributed by atoms with van der Waals surface area (Å²) in [6.45, 7) is 1.82. The molecule has 110 valence electrons. The molecule has 2 heterocycles. The number of ketones is 1. The van der Waals surface area contributed by atoms with Gasteiger partial charge in [-0.2, -0.15) is 5.10 Å². The summed E-state index contributed by atoms with van der Waals surface area (Å²) >= 11 is 0. The van der Waals surface area contributed by atoms with Gasteiger partial charge in [-0.1, -0.05) is 24.3 Å². The van der Waals surface area contributed by atoms with E-state index < -0.39 is 0 Å². The van der Waals surface area contributed by atoms with Crippen molar-refractivity contribution in [2.45, 2.75) is 19.8 Å². The molecule has 0 aliphatic heterocycles. The number of nitrogens with zero attached hydrogens (tertiary/aromatic N) is 2. The predicted octanol–water partition coefficient (Wildman–Crippen LogP) is 1.90. The molecule has 2 aromatic heterocycles. The van der Waals surface area contributed by atoms with Gasteiger partial charge in [-0.25, -0.2) is 0 Å². The van der Waals surface area contributed by atoms with Crippen molar-refractivity contribution < 1.29 is 4.79 Å². The van der Waals surface area contributed by atoms with E-state index >= 15 is 0 Å². The van der Waals surface area contributed by atoms with Crippen LogP contribution in [0.4, 0.5) is 0 Å². The first-order valence-corrected chi connectivity index (χ1v) is 7.29. The molecule has 1 aromatic carbocycles. The molecule has 0 saturated carbocycles. The summed E-state index contributed by atoms with van der Waals surface area (Å²) in [5.74, 6) is -0.110. The Morgan fingerprint density at radius 3 is 2.77 bits per heavy atom. The van der Waals surface area contributed by atoms with Crippen LogP contribution >= 0.6 is 0 Å². The Labute approximate surface area is 126 Å². The molecule has 0 amide bonds. The van der Waals surface area contributed by atoms with Gasteiger partial charge in [0, 0.05) is 18.2 Å². The van der Waals surface area contributed by atoms with E-state index in [0.717, 1.165) is 5.56 Å². The van der Waals surface area contributed by atoms with E-state index in [4.69, 9.17) is 0 Å². The first kappa shape index (κ1) is 13.0. The molecule has 4 rings (SSSR count). The van der Waals surface area contributed by atoms with Gasteiger partial charge in [-0.15, -0.1) is 0 Å². The maximum atomic E-state index is 12.8. The lowest BCUT2D eigenvalue weighted by Crippen LogP contribution is -2.18. The minimum absolute atomic E-state index is 0.0736. The fourth-order valence-electron chi connectivity index (χ4n) is 3.32. The molecule has 0 unspecified atom stereocenters. The van der Waals surface area contributed by atoms with Crippen LogP contribution in [-0.4, -0.2) is 20.5 Å². The van der Waals surface area contributed by atoms with Gasteiger partial charge >= 0.3 is 0 Å². The third kappa shape index (κ3) is 1.62. The van der Waals surface area contributed by atoms with Crippen LogP contribution in [0.25, 0.3) is 11.0 Å². The zero-order valence-electron chi connectivity index (χ0n) is 12.4. The third-order valence-corrected chi connectivity index (χ3v) is 4.40. The van der Waals surface area contributed by atoms with Gasteiger partial charge in [0.15, 0.2) is 5.43 Å². The smallest absolute Gasteiger partial charge is 0.209 e. The summed E-state index contributed by atoms with van der Waals surface area (Å²) in [4.78, 5) is 28.8. The average molecular weight is 293 g/mol. The Kier molecular flexibility index (Phi) is 2.60. The SMILES string of the molecule is Cc1nn(C)c2[nH]c3c(c(=O)c12)CCc1ccccc1C3=O. The second-order valence-corrected chi connectivity index (χ2v) is 5.73. The standard InChI is InChI=1S/C17H15N3O2/c1-9-13-15(21)12-8-7-10-5-3-4-6-11(10)16(22)14(12)18-17(13)20(2)19-9/h3-6H,7-8H2,1-2H3,(H,18,21). The fourth-order valence-corrected chi connectivity index (χ4v) is 3.32. The number of carbonyl (C=O) groups is 1. The summed E-state index contributed by atoms with van der Waals surface area (Å²) in [7, 11) is 1.77. The molecule has 0 radical (unpaired) electrons. The van der Waals surface area contributed by atoms with Gasteiger partial charge in [0.05, 0.1) is 16.8 Å². The second-order valence-electron chi connectivity index (χ2n) is 5.73. The molecular formula is C17H15N3O2. The number of pyridine rings is 1. The minimum Gasteiger partial charge on any atom is -0.336 e. The van der Waals surface area contributed by atoms with Crippen molar-refractivity contribution in [2.75, 3.05) is 0 Å². The number of aromatic nitrogens is 3. The van der Waals surface area contributed by atoms with E-state index in [1.165, 1.54) is 0 Å². The minimum atomic E-state index is -0.110. The molecule has 1 N–H and O–H groups in total.